The SMILES string of the molecule is C[C@@H]1c2cccn2CCN1C(=O)/C=C\c1cccc([N+](=O)[O-])c1. The zero-order chi connectivity index (χ0) is 16.4. The van der Waals surface area contributed by atoms with E-state index in [-0.39, 0.29) is 17.6 Å². The second-order valence-electron chi connectivity index (χ2n) is 5.52. The molecule has 0 N–H and O–H groups in total. The first-order chi connectivity index (χ1) is 11.1. The van der Waals surface area contributed by atoms with E-state index in [1.165, 1.54) is 18.2 Å². The van der Waals surface area contributed by atoms with Crippen LogP contribution in [0.25, 0.3) is 6.08 Å². The summed E-state index contributed by atoms with van der Waals surface area (Å²) in [6.45, 7) is 3.44. The average molecular weight is 311 g/mol. The fraction of sp³-hybridized carbons (Fsp3) is 0.235. The van der Waals surface area contributed by atoms with Crippen molar-refractivity contribution in [3.8, 4) is 0 Å². The van der Waals surface area contributed by atoms with E-state index in [9.17, 15) is 14.9 Å². The van der Waals surface area contributed by atoms with Crippen molar-refractivity contribution in [3.05, 3.63) is 70.0 Å². The molecule has 6 heteroatoms. The normalized spacial score (nSPS) is 17.3. The topological polar surface area (TPSA) is 68.4 Å². The number of rotatable bonds is 3. The lowest BCUT2D eigenvalue weighted by Gasteiger charge is -2.34. The monoisotopic (exact) mass is 311 g/mol. The maximum Gasteiger partial charge on any atom is 0.270 e. The van der Waals surface area contributed by atoms with Crippen LogP contribution in [-0.4, -0.2) is 26.8 Å². The maximum absolute atomic E-state index is 12.4. The van der Waals surface area contributed by atoms with Crippen LogP contribution in [0.15, 0.2) is 48.7 Å². The van der Waals surface area contributed by atoms with Crippen molar-refractivity contribution >= 4 is 17.7 Å². The first kappa shape index (κ1) is 15.0. The maximum atomic E-state index is 12.4. The van der Waals surface area contributed by atoms with Gasteiger partial charge in [-0.2, -0.15) is 0 Å². The van der Waals surface area contributed by atoms with Crippen LogP contribution in [0.2, 0.25) is 0 Å². The lowest BCUT2D eigenvalue weighted by molar-refractivity contribution is -0.384. The fourth-order valence-corrected chi connectivity index (χ4v) is 2.89. The van der Waals surface area contributed by atoms with Gasteiger partial charge in [-0.15, -0.1) is 0 Å². The molecule has 3 rings (SSSR count). The third-order valence-electron chi connectivity index (χ3n) is 4.12. The van der Waals surface area contributed by atoms with Crippen LogP contribution < -0.4 is 0 Å². The lowest BCUT2D eigenvalue weighted by atomic mass is 10.1. The van der Waals surface area contributed by atoms with Crippen molar-refractivity contribution in [2.75, 3.05) is 6.54 Å². The Morgan fingerprint density at radius 1 is 1.30 bits per heavy atom. The van der Waals surface area contributed by atoms with Crippen molar-refractivity contribution in [1.82, 2.24) is 9.47 Å². The molecule has 1 aromatic carbocycles. The molecule has 1 aromatic heterocycles. The minimum absolute atomic E-state index is 0.0148. The molecule has 1 aliphatic heterocycles. The van der Waals surface area contributed by atoms with Crippen LogP contribution in [0, 0.1) is 10.1 Å². The minimum atomic E-state index is -0.444. The number of carbonyl (C=O) groups is 1. The van der Waals surface area contributed by atoms with E-state index < -0.39 is 4.92 Å². The number of amides is 1. The molecule has 6 nitrogen and oxygen atoms in total. The molecule has 1 aliphatic rings. The number of non-ortho nitro benzene ring substituents is 1. The summed E-state index contributed by atoms with van der Waals surface area (Å²) in [5.74, 6) is -0.0866. The van der Waals surface area contributed by atoms with Gasteiger partial charge < -0.3 is 9.47 Å². The van der Waals surface area contributed by atoms with E-state index in [1.807, 2.05) is 30.2 Å². The highest BCUT2D eigenvalue weighted by Gasteiger charge is 2.25. The van der Waals surface area contributed by atoms with Gasteiger partial charge in [0.15, 0.2) is 0 Å². The highest BCUT2D eigenvalue weighted by atomic mass is 16.6. The van der Waals surface area contributed by atoms with Gasteiger partial charge in [-0.05, 0) is 30.7 Å². The molecular weight excluding hydrogens is 294 g/mol. The molecule has 0 bridgehead atoms. The molecule has 0 fully saturated rings. The summed E-state index contributed by atoms with van der Waals surface area (Å²) >= 11 is 0. The summed E-state index contributed by atoms with van der Waals surface area (Å²) in [4.78, 5) is 24.6. The highest BCUT2D eigenvalue weighted by Crippen LogP contribution is 2.25. The molecule has 118 valence electrons. The summed E-state index contributed by atoms with van der Waals surface area (Å²) in [5.41, 5.74) is 1.78. The molecule has 0 saturated carbocycles. The van der Waals surface area contributed by atoms with E-state index in [4.69, 9.17) is 0 Å². The Kier molecular flexibility index (Phi) is 3.97. The van der Waals surface area contributed by atoms with Gasteiger partial charge in [0.1, 0.15) is 0 Å². The molecule has 2 heterocycles. The van der Waals surface area contributed by atoms with Crippen LogP contribution in [0.5, 0.6) is 0 Å². The van der Waals surface area contributed by atoms with Crippen molar-refractivity contribution in [2.24, 2.45) is 0 Å². The molecule has 1 amide bonds. The van der Waals surface area contributed by atoms with Gasteiger partial charge in [-0.25, -0.2) is 0 Å². The number of hydrogen-bond donors (Lipinski definition) is 0. The van der Waals surface area contributed by atoms with Crippen LogP contribution in [0.4, 0.5) is 5.69 Å². The van der Waals surface area contributed by atoms with E-state index >= 15 is 0 Å². The molecule has 0 unspecified atom stereocenters. The van der Waals surface area contributed by atoms with Crippen molar-refractivity contribution in [2.45, 2.75) is 19.5 Å². The van der Waals surface area contributed by atoms with Gasteiger partial charge in [-0.3, -0.25) is 14.9 Å². The standard InChI is InChI=1S/C17H17N3O3/c1-13-16-6-3-9-18(16)10-11-19(13)17(21)8-7-14-4-2-5-15(12-14)20(22)23/h2-9,12-13H,10-11H2,1H3/b8-7-/t13-/m1/s1. The van der Waals surface area contributed by atoms with E-state index in [1.54, 1.807) is 18.2 Å². The molecule has 23 heavy (non-hydrogen) atoms. The largest absolute Gasteiger partial charge is 0.348 e. The third kappa shape index (κ3) is 3.01. The van der Waals surface area contributed by atoms with Crippen molar-refractivity contribution in [1.29, 1.82) is 0 Å². The molecule has 2 aromatic rings. The Balaban J connectivity index is 1.75. The van der Waals surface area contributed by atoms with Gasteiger partial charge in [-0.1, -0.05) is 12.1 Å². The molecule has 0 saturated heterocycles. The first-order valence-corrected chi connectivity index (χ1v) is 7.44. The highest BCUT2D eigenvalue weighted by molar-refractivity contribution is 5.92. The predicted octanol–water partition coefficient (Wildman–Crippen LogP) is 3.01. The zero-order valence-electron chi connectivity index (χ0n) is 12.8. The Morgan fingerprint density at radius 3 is 2.91 bits per heavy atom. The number of carbonyl (C=O) groups excluding carboxylic acids is 1. The number of nitrogens with zero attached hydrogens (tertiary/aromatic N) is 3. The number of fused-ring (bicyclic) bond motifs is 1. The van der Waals surface area contributed by atoms with Crippen molar-refractivity contribution in [3.63, 3.8) is 0 Å². The van der Waals surface area contributed by atoms with Crippen LogP contribution in [0.3, 0.4) is 0 Å². The Bertz CT molecular complexity index is 779. The molecule has 1 atom stereocenters. The van der Waals surface area contributed by atoms with Crippen LogP contribution >= 0.6 is 0 Å². The van der Waals surface area contributed by atoms with Gasteiger partial charge >= 0.3 is 0 Å². The van der Waals surface area contributed by atoms with E-state index in [0.29, 0.717) is 12.1 Å². The lowest BCUT2D eigenvalue weighted by Crippen LogP contribution is -2.39. The van der Waals surface area contributed by atoms with E-state index in [2.05, 4.69) is 4.57 Å². The Labute approximate surface area is 133 Å². The van der Waals surface area contributed by atoms with Gasteiger partial charge in [0, 0.05) is 43.2 Å². The molecule has 0 aliphatic carbocycles. The molecular formula is C17H17N3O3. The number of aromatic nitrogens is 1. The number of nitro benzene ring substituents is 1. The summed E-state index contributed by atoms with van der Waals surface area (Å²) < 4.78 is 2.15. The molecule has 0 radical (unpaired) electrons. The first-order valence-electron chi connectivity index (χ1n) is 7.44. The smallest absolute Gasteiger partial charge is 0.270 e. The second kappa shape index (κ2) is 6.08. The third-order valence-corrected chi connectivity index (χ3v) is 4.12. The summed E-state index contributed by atoms with van der Waals surface area (Å²) in [6, 6.07) is 10.3. The number of benzene rings is 1. The Hall–Kier alpha value is -2.89. The molecule has 0 spiro atoms. The van der Waals surface area contributed by atoms with Gasteiger partial charge in [0.2, 0.25) is 5.91 Å². The Morgan fingerprint density at radius 2 is 2.13 bits per heavy atom. The second-order valence-corrected chi connectivity index (χ2v) is 5.52. The average Bonchev–Trinajstić information content (AvgIpc) is 3.03. The quantitative estimate of drug-likeness (QED) is 0.497. The van der Waals surface area contributed by atoms with E-state index in [0.717, 1.165) is 12.2 Å². The van der Waals surface area contributed by atoms with Gasteiger partial charge in [0.25, 0.3) is 5.69 Å². The van der Waals surface area contributed by atoms with Crippen LogP contribution in [-0.2, 0) is 11.3 Å². The van der Waals surface area contributed by atoms with Crippen molar-refractivity contribution < 1.29 is 9.72 Å². The summed E-state index contributed by atoms with van der Waals surface area (Å²) in [6.07, 6.45) is 5.12. The minimum Gasteiger partial charge on any atom is -0.348 e. The zero-order valence-corrected chi connectivity index (χ0v) is 12.8. The summed E-state index contributed by atoms with van der Waals surface area (Å²) in [7, 11) is 0. The fourth-order valence-electron chi connectivity index (χ4n) is 2.89. The summed E-state index contributed by atoms with van der Waals surface area (Å²) in [5, 5.41) is 10.8. The predicted molar refractivity (Wildman–Crippen MR) is 86.7 cm³/mol. The number of nitro groups is 1. The van der Waals surface area contributed by atoms with Gasteiger partial charge in [0.05, 0.1) is 11.0 Å². The number of hydrogen-bond acceptors (Lipinski definition) is 3. The van der Waals surface area contributed by atoms with Crippen LogP contribution in [0.1, 0.15) is 24.2 Å².